The van der Waals surface area contributed by atoms with E-state index in [9.17, 15) is 13.2 Å². The van der Waals surface area contributed by atoms with Gasteiger partial charge in [0.1, 0.15) is 6.54 Å². The fraction of sp³-hybridized carbons (Fsp3) is 0.240. The van der Waals surface area contributed by atoms with Crippen LogP contribution in [0, 0.1) is 6.92 Å². The molecule has 3 rings (SSSR count). The molecule has 0 saturated carbocycles. The van der Waals surface area contributed by atoms with Gasteiger partial charge < -0.3 is 10.1 Å². The van der Waals surface area contributed by atoms with E-state index in [1.807, 2.05) is 73.7 Å². The van der Waals surface area contributed by atoms with E-state index in [0.29, 0.717) is 25.4 Å². The highest BCUT2D eigenvalue weighted by atomic mass is 32.2. The van der Waals surface area contributed by atoms with E-state index in [4.69, 9.17) is 4.74 Å². The number of aryl methyl sites for hydroxylation is 1. The summed E-state index contributed by atoms with van der Waals surface area (Å²) in [5.74, 6) is -0.367. The topological polar surface area (TPSA) is 75.7 Å². The standard InChI is InChI=1S/C25H28N2O4S/c1-20-8-6-7-11-24(20)27(32(2,29)30)17-25(28)26-16-21-12-14-23(15-13-21)19-31-18-22-9-4-3-5-10-22/h3-15H,16-19H2,1-2H3,(H,26,28). The summed E-state index contributed by atoms with van der Waals surface area (Å²) in [7, 11) is -3.59. The normalized spacial score (nSPS) is 11.2. The van der Waals surface area contributed by atoms with Gasteiger partial charge in [-0.2, -0.15) is 0 Å². The second kappa shape index (κ2) is 10.9. The monoisotopic (exact) mass is 452 g/mol. The molecule has 0 bridgehead atoms. The smallest absolute Gasteiger partial charge is 0.241 e. The molecule has 6 nitrogen and oxygen atoms in total. The number of nitrogens with zero attached hydrogens (tertiary/aromatic N) is 1. The SMILES string of the molecule is Cc1ccccc1N(CC(=O)NCc1ccc(COCc2ccccc2)cc1)S(C)(=O)=O. The van der Waals surface area contributed by atoms with Crippen LogP contribution in [0.25, 0.3) is 0 Å². The third kappa shape index (κ3) is 6.93. The van der Waals surface area contributed by atoms with Gasteiger partial charge in [-0.3, -0.25) is 9.10 Å². The minimum atomic E-state index is -3.59. The zero-order chi connectivity index (χ0) is 23.0. The molecule has 0 aliphatic heterocycles. The fourth-order valence-corrected chi connectivity index (χ4v) is 4.14. The van der Waals surface area contributed by atoms with Crippen molar-refractivity contribution in [3.63, 3.8) is 0 Å². The number of anilines is 1. The lowest BCUT2D eigenvalue weighted by Crippen LogP contribution is -2.40. The van der Waals surface area contributed by atoms with Crippen molar-refractivity contribution >= 4 is 21.6 Å². The van der Waals surface area contributed by atoms with Gasteiger partial charge in [-0.25, -0.2) is 8.42 Å². The molecule has 0 heterocycles. The summed E-state index contributed by atoms with van der Waals surface area (Å²) in [4.78, 5) is 12.5. The molecule has 3 aromatic rings. The van der Waals surface area contributed by atoms with Crippen LogP contribution >= 0.6 is 0 Å². The molecule has 0 atom stereocenters. The van der Waals surface area contributed by atoms with Crippen molar-refractivity contribution in [2.75, 3.05) is 17.1 Å². The zero-order valence-electron chi connectivity index (χ0n) is 18.3. The van der Waals surface area contributed by atoms with Crippen molar-refractivity contribution in [3.05, 3.63) is 101 Å². The fourth-order valence-electron chi connectivity index (χ4n) is 3.23. The Morgan fingerprint density at radius 3 is 2.03 bits per heavy atom. The Bertz CT molecular complexity index is 1130. The van der Waals surface area contributed by atoms with Crippen LogP contribution in [-0.4, -0.2) is 27.1 Å². The quantitative estimate of drug-likeness (QED) is 0.508. The van der Waals surface area contributed by atoms with Crippen LogP contribution in [0.4, 0.5) is 5.69 Å². The summed E-state index contributed by atoms with van der Waals surface area (Å²) >= 11 is 0. The van der Waals surface area contributed by atoms with Gasteiger partial charge in [-0.05, 0) is 35.2 Å². The van der Waals surface area contributed by atoms with E-state index < -0.39 is 10.0 Å². The first-order valence-corrected chi connectivity index (χ1v) is 12.2. The van der Waals surface area contributed by atoms with Gasteiger partial charge in [0.05, 0.1) is 25.2 Å². The van der Waals surface area contributed by atoms with Crippen molar-refractivity contribution < 1.29 is 17.9 Å². The van der Waals surface area contributed by atoms with Crippen molar-refractivity contribution in [3.8, 4) is 0 Å². The number of ether oxygens (including phenoxy) is 1. The Morgan fingerprint density at radius 2 is 1.41 bits per heavy atom. The first-order valence-electron chi connectivity index (χ1n) is 10.3. The predicted octanol–water partition coefficient (Wildman–Crippen LogP) is 3.79. The maximum Gasteiger partial charge on any atom is 0.241 e. The zero-order valence-corrected chi connectivity index (χ0v) is 19.1. The molecule has 0 unspecified atom stereocenters. The molecular formula is C25H28N2O4S. The highest BCUT2D eigenvalue weighted by Gasteiger charge is 2.21. The molecule has 0 aromatic heterocycles. The van der Waals surface area contributed by atoms with Crippen molar-refractivity contribution in [1.82, 2.24) is 5.32 Å². The molecule has 32 heavy (non-hydrogen) atoms. The average molecular weight is 453 g/mol. The molecule has 168 valence electrons. The van der Waals surface area contributed by atoms with Crippen LogP contribution in [-0.2, 0) is 39.3 Å². The number of amides is 1. The second-order valence-corrected chi connectivity index (χ2v) is 9.53. The van der Waals surface area contributed by atoms with Gasteiger partial charge in [0.15, 0.2) is 0 Å². The van der Waals surface area contributed by atoms with Crippen LogP contribution in [0.3, 0.4) is 0 Å². The molecule has 1 amide bonds. The molecule has 1 N–H and O–H groups in total. The Morgan fingerprint density at radius 1 is 0.844 bits per heavy atom. The van der Waals surface area contributed by atoms with Gasteiger partial charge in [0.25, 0.3) is 0 Å². The van der Waals surface area contributed by atoms with E-state index in [-0.39, 0.29) is 12.5 Å². The lowest BCUT2D eigenvalue weighted by atomic mass is 10.1. The number of rotatable bonds is 10. The Kier molecular flexibility index (Phi) is 8.03. The number of hydrogen-bond donors (Lipinski definition) is 1. The van der Waals surface area contributed by atoms with E-state index in [0.717, 1.165) is 32.8 Å². The first kappa shape index (κ1) is 23.5. The first-order chi connectivity index (χ1) is 15.3. The molecule has 0 aliphatic carbocycles. The lowest BCUT2D eigenvalue weighted by molar-refractivity contribution is -0.119. The number of benzene rings is 3. The number of para-hydroxylation sites is 1. The summed E-state index contributed by atoms with van der Waals surface area (Å²) < 4.78 is 31.4. The van der Waals surface area contributed by atoms with E-state index >= 15 is 0 Å². The molecule has 3 aromatic carbocycles. The van der Waals surface area contributed by atoms with Crippen molar-refractivity contribution in [2.45, 2.75) is 26.7 Å². The largest absolute Gasteiger partial charge is 0.372 e. The summed E-state index contributed by atoms with van der Waals surface area (Å²) in [5, 5.41) is 2.80. The van der Waals surface area contributed by atoms with E-state index in [2.05, 4.69) is 5.32 Å². The number of carbonyl (C=O) groups is 1. The minimum Gasteiger partial charge on any atom is -0.372 e. The highest BCUT2D eigenvalue weighted by Crippen LogP contribution is 2.21. The van der Waals surface area contributed by atoms with Crippen LogP contribution < -0.4 is 9.62 Å². The number of sulfonamides is 1. The Balaban J connectivity index is 1.51. The molecule has 0 aliphatic rings. The lowest BCUT2D eigenvalue weighted by Gasteiger charge is -2.23. The van der Waals surface area contributed by atoms with Crippen LogP contribution in [0.1, 0.15) is 22.3 Å². The second-order valence-electron chi connectivity index (χ2n) is 7.63. The summed E-state index contributed by atoms with van der Waals surface area (Å²) in [6, 6.07) is 24.9. The van der Waals surface area contributed by atoms with Crippen LogP contribution in [0.5, 0.6) is 0 Å². The molecule has 0 radical (unpaired) electrons. The van der Waals surface area contributed by atoms with E-state index in [1.165, 1.54) is 0 Å². The van der Waals surface area contributed by atoms with Crippen molar-refractivity contribution in [2.24, 2.45) is 0 Å². The van der Waals surface area contributed by atoms with Gasteiger partial charge in [0, 0.05) is 6.54 Å². The third-order valence-electron chi connectivity index (χ3n) is 4.96. The van der Waals surface area contributed by atoms with Gasteiger partial charge >= 0.3 is 0 Å². The van der Waals surface area contributed by atoms with Crippen LogP contribution in [0.15, 0.2) is 78.9 Å². The number of nitrogens with one attached hydrogen (secondary N) is 1. The average Bonchev–Trinajstić information content (AvgIpc) is 2.77. The van der Waals surface area contributed by atoms with Gasteiger partial charge in [-0.15, -0.1) is 0 Å². The Hall–Kier alpha value is -3.16. The van der Waals surface area contributed by atoms with Crippen LogP contribution in [0.2, 0.25) is 0 Å². The van der Waals surface area contributed by atoms with E-state index in [1.54, 1.807) is 12.1 Å². The molecule has 7 heteroatoms. The number of carbonyl (C=O) groups excluding carboxylic acids is 1. The molecule has 0 spiro atoms. The summed E-state index contributed by atoms with van der Waals surface area (Å²) in [5.41, 5.74) is 4.38. The predicted molar refractivity (Wildman–Crippen MR) is 127 cm³/mol. The van der Waals surface area contributed by atoms with Crippen molar-refractivity contribution in [1.29, 1.82) is 0 Å². The van der Waals surface area contributed by atoms with Gasteiger partial charge in [-0.1, -0.05) is 72.8 Å². The third-order valence-corrected chi connectivity index (χ3v) is 6.09. The summed E-state index contributed by atoms with van der Waals surface area (Å²) in [6.45, 7) is 2.92. The highest BCUT2D eigenvalue weighted by molar-refractivity contribution is 7.92. The maximum absolute atomic E-state index is 12.5. The molecule has 0 fully saturated rings. The molecule has 0 saturated heterocycles. The minimum absolute atomic E-state index is 0.269. The number of hydrogen-bond acceptors (Lipinski definition) is 4. The van der Waals surface area contributed by atoms with Gasteiger partial charge in [0.2, 0.25) is 15.9 Å². The maximum atomic E-state index is 12.5. The summed E-state index contributed by atoms with van der Waals surface area (Å²) in [6.07, 6.45) is 1.10. The molecular weight excluding hydrogens is 424 g/mol. The Labute approximate surface area is 189 Å².